The maximum atomic E-state index is 2.53. The zero-order valence-electron chi connectivity index (χ0n) is 9.47. The van der Waals surface area contributed by atoms with E-state index in [2.05, 4.69) is 74.6 Å². The van der Waals surface area contributed by atoms with E-state index in [4.69, 9.17) is 0 Å². The van der Waals surface area contributed by atoms with Gasteiger partial charge in [0.25, 0.3) is 0 Å². The molecule has 0 amide bonds. The van der Waals surface area contributed by atoms with Gasteiger partial charge in [-0.05, 0) is 24.8 Å². The van der Waals surface area contributed by atoms with Gasteiger partial charge in [-0.15, -0.1) is 0 Å². The SMILES string of the molecule is Cc1ccc(C(C)CC(C)(C)I)cc1. The second-order valence-electron chi connectivity index (χ2n) is 4.73. The van der Waals surface area contributed by atoms with Crippen LogP contribution in [0.3, 0.4) is 0 Å². The zero-order chi connectivity index (χ0) is 10.8. The van der Waals surface area contributed by atoms with Crippen molar-refractivity contribution in [2.45, 2.75) is 43.5 Å². The number of hydrogen-bond acceptors (Lipinski definition) is 0. The Kier molecular flexibility index (Phi) is 3.99. The van der Waals surface area contributed by atoms with E-state index in [1.165, 1.54) is 17.5 Å². The highest BCUT2D eigenvalue weighted by molar-refractivity contribution is 14.1. The third-order valence-corrected chi connectivity index (χ3v) is 2.88. The number of hydrogen-bond donors (Lipinski definition) is 0. The van der Waals surface area contributed by atoms with Crippen LogP contribution >= 0.6 is 22.6 Å². The lowest BCUT2D eigenvalue weighted by Crippen LogP contribution is -2.13. The monoisotopic (exact) mass is 302 g/mol. The number of alkyl halides is 1. The Hall–Kier alpha value is -0.0500. The van der Waals surface area contributed by atoms with Crippen LogP contribution in [0.5, 0.6) is 0 Å². The molecule has 0 bridgehead atoms. The Morgan fingerprint density at radius 3 is 2.14 bits per heavy atom. The molecule has 0 aliphatic rings. The molecular weight excluding hydrogens is 283 g/mol. The van der Waals surface area contributed by atoms with E-state index in [0.717, 1.165) is 0 Å². The number of rotatable bonds is 3. The van der Waals surface area contributed by atoms with Gasteiger partial charge < -0.3 is 0 Å². The summed E-state index contributed by atoms with van der Waals surface area (Å²) in [5, 5.41) is 0. The van der Waals surface area contributed by atoms with Gasteiger partial charge in [0.05, 0.1) is 0 Å². The van der Waals surface area contributed by atoms with Crippen LogP contribution in [-0.4, -0.2) is 3.42 Å². The highest BCUT2D eigenvalue weighted by atomic mass is 127. The van der Waals surface area contributed by atoms with Crippen LogP contribution in [0.4, 0.5) is 0 Å². The third-order valence-electron chi connectivity index (χ3n) is 2.44. The van der Waals surface area contributed by atoms with Gasteiger partial charge in [0.15, 0.2) is 0 Å². The van der Waals surface area contributed by atoms with Crippen LogP contribution in [0.25, 0.3) is 0 Å². The van der Waals surface area contributed by atoms with Crippen LogP contribution < -0.4 is 0 Å². The van der Waals surface area contributed by atoms with Crippen LogP contribution in [-0.2, 0) is 0 Å². The molecule has 0 aliphatic heterocycles. The van der Waals surface area contributed by atoms with Crippen LogP contribution in [0.15, 0.2) is 24.3 Å². The van der Waals surface area contributed by atoms with Gasteiger partial charge in [-0.1, -0.05) is 73.2 Å². The quantitative estimate of drug-likeness (QED) is 0.561. The van der Waals surface area contributed by atoms with Crippen molar-refractivity contribution in [3.05, 3.63) is 35.4 Å². The molecule has 14 heavy (non-hydrogen) atoms. The van der Waals surface area contributed by atoms with E-state index >= 15 is 0 Å². The molecule has 0 radical (unpaired) electrons. The van der Waals surface area contributed by atoms with Gasteiger partial charge in [0, 0.05) is 3.42 Å². The van der Waals surface area contributed by atoms with E-state index in [-0.39, 0.29) is 0 Å². The molecule has 1 atom stereocenters. The molecule has 1 rings (SSSR count). The summed E-state index contributed by atoms with van der Waals surface area (Å²) in [5.74, 6) is 0.655. The van der Waals surface area contributed by atoms with Crippen LogP contribution in [0, 0.1) is 6.92 Å². The fourth-order valence-corrected chi connectivity index (χ4v) is 2.40. The maximum Gasteiger partial charge on any atom is 0.0171 e. The Morgan fingerprint density at radius 2 is 1.71 bits per heavy atom. The van der Waals surface area contributed by atoms with Gasteiger partial charge >= 0.3 is 0 Å². The Bertz CT molecular complexity index is 279. The van der Waals surface area contributed by atoms with Crippen molar-refractivity contribution in [3.8, 4) is 0 Å². The molecule has 0 fully saturated rings. The van der Waals surface area contributed by atoms with Gasteiger partial charge in [-0.3, -0.25) is 0 Å². The van der Waals surface area contributed by atoms with Crippen LogP contribution in [0.1, 0.15) is 44.2 Å². The second kappa shape index (κ2) is 4.65. The van der Waals surface area contributed by atoms with Crippen molar-refractivity contribution in [2.24, 2.45) is 0 Å². The minimum Gasteiger partial charge on any atom is -0.0795 e. The molecule has 0 heterocycles. The van der Waals surface area contributed by atoms with E-state index in [1.54, 1.807) is 0 Å². The van der Waals surface area contributed by atoms with Crippen molar-refractivity contribution in [2.75, 3.05) is 0 Å². The van der Waals surface area contributed by atoms with Crippen molar-refractivity contribution >= 4 is 22.6 Å². The minimum atomic E-state index is 0.391. The van der Waals surface area contributed by atoms with Gasteiger partial charge in [0.1, 0.15) is 0 Å². The number of aryl methyl sites for hydroxylation is 1. The van der Waals surface area contributed by atoms with Crippen LogP contribution in [0.2, 0.25) is 0 Å². The average molecular weight is 302 g/mol. The lowest BCUT2D eigenvalue weighted by atomic mass is 9.91. The fourth-order valence-electron chi connectivity index (χ4n) is 1.74. The summed E-state index contributed by atoms with van der Waals surface area (Å²) in [7, 11) is 0. The average Bonchev–Trinajstić information content (AvgIpc) is 2.02. The molecular formula is C13H19I. The smallest absolute Gasteiger partial charge is 0.0171 e. The van der Waals surface area contributed by atoms with Gasteiger partial charge in [0.2, 0.25) is 0 Å². The Labute approximate surface area is 101 Å². The van der Waals surface area contributed by atoms with E-state index in [9.17, 15) is 0 Å². The molecule has 1 aromatic rings. The highest BCUT2D eigenvalue weighted by Crippen LogP contribution is 2.31. The minimum absolute atomic E-state index is 0.391. The summed E-state index contributed by atoms with van der Waals surface area (Å²) >= 11 is 2.53. The molecule has 0 aromatic heterocycles. The summed E-state index contributed by atoms with van der Waals surface area (Å²) in [6.07, 6.45) is 1.23. The molecule has 0 saturated carbocycles. The molecule has 0 spiro atoms. The second-order valence-corrected chi connectivity index (χ2v) is 7.65. The van der Waals surface area contributed by atoms with E-state index < -0.39 is 0 Å². The topological polar surface area (TPSA) is 0 Å². The molecule has 1 unspecified atom stereocenters. The first kappa shape index (κ1) is 12.0. The Balaban J connectivity index is 2.70. The summed E-state index contributed by atoms with van der Waals surface area (Å²) in [6.45, 7) is 9.03. The fraction of sp³-hybridized carbons (Fsp3) is 0.538. The first-order valence-corrected chi connectivity index (χ1v) is 6.22. The summed E-state index contributed by atoms with van der Waals surface area (Å²) in [4.78, 5) is 0. The molecule has 0 N–H and O–H groups in total. The lowest BCUT2D eigenvalue weighted by molar-refractivity contribution is 0.586. The summed E-state index contributed by atoms with van der Waals surface area (Å²) < 4.78 is 0.391. The highest BCUT2D eigenvalue weighted by Gasteiger charge is 2.17. The lowest BCUT2D eigenvalue weighted by Gasteiger charge is -2.21. The van der Waals surface area contributed by atoms with Gasteiger partial charge in [-0.25, -0.2) is 0 Å². The predicted octanol–water partition coefficient (Wildman–Crippen LogP) is 4.70. The van der Waals surface area contributed by atoms with Gasteiger partial charge in [-0.2, -0.15) is 0 Å². The largest absolute Gasteiger partial charge is 0.0795 e. The number of benzene rings is 1. The first-order chi connectivity index (χ1) is 6.38. The van der Waals surface area contributed by atoms with E-state index in [1.807, 2.05) is 0 Å². The number of halogens is 1. The molecule has 0 nitrogen and oxygen atoms in total. The summed E-state index contributed by atoms with van der Waals surface area (Å²) in [5.41, 5.74) is 2.80. The van der Waals surface area contributed by atoms with Crippen molar-refractivity contribution in [1.82, 2.24) is 0 Å². The normalized spacial score (nSPS) is 14.1. The van der Waals surface area contributed by atoms with Crippen molar-refractivity contribution in [1.29, 1.82) is 0 Å². The zero-order valence-corrected chi connectivity index (χ0v) is 11.6. The predicted molar refractivity (Wildman–Crippen MR) is 72.3 cm³/mol. The van der Waals surface area contributed by atoms with Crippen molar-refractivity contribution < 1.29 is 0 Å². The molecule has 78 valence electrons. The third kappa shape index (κ3) is 3.99. The summed E-state index contributed by atoms with van der Waals surface area (Å²) in [6, 6.07) is 8.91. The van der Waals surface area contributed by atoms with Crippen molar-refractivity contribution in [3.63, 3.8) is 0 Å². The Morgan fingerprint density at radius 1 is 1.21 bits per heavy atom. The molecule has 0 saturated heterocycles. The molecule has 1 aromatic carbocycles. The first-order valence-electron chi connectivity index (χ1n) is 5.14. The standard InChI is InChI=1S/C13H19I/c1-10-5-7-12(8-6-10)11(2)9-13(3,4)14/h5-8,11H,9H2,1-4H3. The van der Waals surface area contributed by atoms with E-state index in [0.29, 0.717) is 9.34 Å². The maximum absolute atomic E-state index is 2.53. The molecule has 1 heteroatoms. The molecule has 0 aliphatic carbocycles.